The molecule has 2 bridgehead atoms. The van der Waals surface area contributed by atoms with Crippen LogP contribution in [0.2, 0.25) is 0 Å². The number of piperidine rings is 1. The fourth-order valence-electron chi connectivity index (χ4n) is 3.07. The third-order valence-corrected chi connectivity index (χ3v) is 4.24. The van der Waals surface area contributed by atoms with E-state index in [0.29, 0.717) is 17.6 Å². The zero-order chi connectivity index (χ0) is 12.8. The SMILES string of the molecule is CC(C)(C)N1CC2CC(C1)N2Cc1ncccn1. The number of hydrogen-bond acceptors (Lipinski definition) is 4. The number of rotatable bonds is 2. The standard InChI is InChI=1S/C14H22N4/c1-14(2,3)17-8-11-7-12(9-17)18(11)10-13-15-5-4-6-16-13/h4-6,11-12H,7-10H2,1-3H3. The first kappa shape index (κ1) is 12.1. The fraction of sp³-hybridized carbons (Fsp3) is 0.714. The minimum absolute atomic E-state index is 0.298. The highest BCUT2D eigenvalue weighted by Crippen LogP contribution is 2.35. The van der Waals surface area contributed by atoms with E-state index in [0.717, 1.165) is 12.4 Å². The van der Waals surface area contributed by atoms with E-state index < -0.39 is 0 Å². The second kappa shape index (κ2) is 4.28. The van der Waals surface area contributed by atoms with Crippen LogP contribution in [0.5, 0.6) is 0 Å². The van der Waals surface area contributed by atoms with Gasteiger partial charge >= 0.3 is 0 Å². The predicted molar refractivity (Wildman–Crippen MR) is 71.1 cm³/mol. The van der Waals surface area contributed by atoms with E-state index in [9.17, 15) is 0 Å². The van der Waals surface area contributed by atoms with Crippen LogP contribution >= 0.6 is 0 Å². The second-order valence-corrected chi connectivity index (χ2v) is 6.46. The van der Waals surface area contributed by atoms with Gasteiger partial charge in [0.15, 0.2) is 0 Å². The molecule has 0 radical (unpaired) electrons. The normalized spacial score (nSPS) is 29.1. The van der Waals surface area contributed by atoms with Crippen molar-refractivity contribution in [2.24, 2.45) is 0 Å². The van der Waals surface area contributed by atoms with Crippen molar-refractivity contribution in [2.75, 3.05) is 13.1 Å². The van der Waals surface area contributed by atoms with Gasteiger partial charge in [-0.05, 0) is 33.3 Å². The van der Waals surface area contributed by atoms with Crippen LogP contribution in [-0.2, 0) is 6.54 Å². The molecule has 2 atom stereocenters. The summed E-state index contributed by atoms with van der Waals surface area (Å²) in [6, 6.07) is 3.28. The largest absolute Gasteiger partial charge is 0.295 e. The lowest BCUT2D eigenvalue weighted by Gasteiger charge is -2.59. The number of fused-ring (bicyclic) bond motifs is 2. The summed E-state index contributed by atoms with van der Waals surface area (Å²) in [6.45, 7) is 10.2. The average molecular weight is 246 g/mol. The summed E-state index contributed by atoms with van der Waals surface area (Å²) in [5, 5.41) is 0. The highest BCUT2D eigenvalue weighted by Gasteiger charge is 2.46. The van der Waals surface area contributed by atoms with Crippen LogP contribution < -0.4 is 0 Å². The van der Waals surface area contributed by atoms with E-state index in [4.69, 9.17) is 0 Å². The van der Waals surface area contributed by atoms with Crippen LogP contribution in [0.15, 0.2) is 18.5 Å². The van der Waals surface area contributed by atoms with Gasteiger partial charge in [-0.1, -0.05) is 0 Å². The van der Waals surface area contributed by atoms with Crippen LogP contribution in [0.1, 0.15) is 33.0 Å². The van der Waals surface area contributed by atoms with Gasteiger partial charge in [-0.25, -0.2) is 9.97 Å². The highest BCUT2D eigenvalue weighted by atomic mass is 15.4. The monoisotopic (exact) mass is 246 g/mol. The van der Waals surface area contributed by atoms with Crippen LogP contribution in [0, 0.1) is 0 Å². The van der Waals surface area contributed by atoms with Crippen LogP contribution in [0.3, 0.4) is 0 Å². The number of hydrogen-bond donors (Lipinski definition) is 0. The molecule has 0 aliphatic carbocycles. The molecule has 0 N–H and O–H groups in total. The van der Waals surface area contributed by atoms with Gasteiger partial charge in [-0.2, -0.15) is 0 Å². The lowest BCUT2D eigenvalue weighted by molar-refractivity contribution is -0.101. The summed E-state index contributed by atoms with van der Waals surface area (Å²) >= 11 is 0. The Kier molecular flexibility index (Phi) is 2.87. The van der Waals surface area contributed by atoms with Crippen molar-refractivity contribution in [3.05, 3.63) is 24.3 Å². The molecular formula is C14H22N4. The molecular weight excluding hydrogens is 224 g/mol. The average Bonchev–Trinajstić information content (AvgIpc) is 2.36. The fourth-order valence-corrected chi connectivity index (χ4v) is 3.07. The molecule has 1 aromatic heterocycles. The van der Waals surface area contributed by atoms with Crippen molar-refractivity contribution >= 4 is 0 Å². The second-order valence-electron chi connectivity index (χ2n) is 6.46. The number of aromatic nitrogens is 2. The Labute approximate surface area is 109 Å². The van der Waals surface area contributed by atoms with Crippen molar-refractivity contribution in [3.63, 3.8) is 0 Å². The van der Waals surface area contributed by atoms with E-state index in [-0.39, 0.29) is 0 Å². The quantitative estimate of drug-likeness (QED) is 0.792. The smallest absolute Gasteiger partial charge is 0.142 e. The molecule has 0 aromatic carbocycles. The molecule has 18 heavy (non-hydrogen) atoms. The van der Waals surface area contributed by atoms with Crippen LogP contribution in [0.4, 0.5) is 0 Å². The van der Waals surface area contributed by atoms with Gasteiger partial charge in [0.05, 0.1) is 6.54 Å². The first-order valence-electron chi connectivity index (χ1n) is 6.81. The first-order valence-corrected chi connectivity index (χ1v) is 6.81. The molecule has 3 aliphatic rings. The molecule has 0 saturated carbocycles. The molecule has 98 valence electrons. The van der Waals surface area contributed by atoms with E-state index in [1.165, 1.54) is 19.5 Å². The van der Waals surface area contributed by atoms with E-state index >= 15 is 0 Å². The van der Waals surface area contributed by atoms with Gasteiger partial charge in [0.2, 0.25) is 0 Å². The van der Waals surface area contributed by atoms with Gasteiger partial charge in [0.1, 0.15) is 5.82 Å². The summed E-state index contributed by atoms with van der Waals surface area (Å²) in [6.07, 6.45) is 5.01. The maximum Gasteiger partial charge on any atom is 0.142 e. The van der Waals surface area contributed by atoms with Gasteiger partial charge in [-0.15, -0.1) is 0 Å². The van der Waals surface area contributed by atoms with E-state index in [1.54, 1.807) is 0 Å². The Balaban J connectivity index is 1.63. The maximum atomic E-state index is 4.33. The van der Waals surface area contributed by atoms with Crippen LogP contribution in [-0.4, -0.2) is 50.5 Å². The molecule has 4 rings (SSSR count). The Morgan fingerprint density at radius 3 is 2.33 bits per heavy atom. The third kappa shape index (κ3) is 2.15. The Morgan fingerprint density at radius 2 is 1.78 bits per heavy atom. The zero-order valence-electron chi connectivity index (χ0n) is 11.5. The summed E-state index contributed by atoms with van der Waals surface area (Å²) in [5.74, 6) is 0.955. The number of piperazine rings is 1. The lowest BCUT2D eigenvalue weighted by atomic mass is 9.85. The first-order chi connectivity index (χ1) is 8.54. The summed E-state index contributed by atoms with van der Waals surface area (Å²) in [7, 11) is 0. The van der Waals surface area contributed by atoms with Gasteiger partial charge in [0, 0.05) is 43.1 Å². The Hall–Kier alpha value is -1.00. The zero-order valence-corrected chi connectivity index (χ0v) is 11.5. The minimum Gasteiger partial charge on any atom is -0.295 e. The molecule has 3 fully saturated rings. The molecule has 2 unspecified atom stereocenters. The Morgan fingerprint density at radius 1 is 1.17 bits per heavy atom. The minimum atomic E-state index is 0.298. The lowest BCUT2D eigenvalue weighted by Crippen LogP contribution is -2.70. The molecule has 1 aromatic rings. The summed E-state index contributed by atoms with van der Waals surface area (Å²) in [5.41, 5.74) is 0.298. The van der Waals surface area contributed by atoms with Crippen LogP contribution in [0.25, 0.3) is 0 Å². The van der Waals surface area contributed by atoms with E-state index in [1.807, 2.05) is 18.5 Å². The molecule has 3 saturated heterocycles. The highest BCUT2D eigenvalue weighted by molar-refractivity contribution is 5.04. The van der Waals surface area contributed by atoms with Crippen molar-refractivity contribution in [2.45, 2.75) is 51.4 Å². The summed E-state index contributed by atoms with van der Waals surface area (Å²) in [4.78, 5) is 13.8. The van der Waals surface area contributed by atoms with Gasteiger partial charge in [-0.3, -0.25) is 9.80 Å². The summed E-state index contributed by atoms with van der Waals surface area (Å²) < 4.78 is 0. The van der Waals surface area contributed by atoms with Crippen molar-refractivity contribution in [1.29, 1.82) is 0 Å². The number of nitrogens with zero attached hydrogens (tertiary/aromatic N) is 4. The van der Waals surface area contributed by atoms with Crippen molar-refractivity contribution < 1.29 is 0 Å². The third-order valence-electron chi connectivity index (χ3n) is 4.24. The molecule has 4 heterocycles. The van der Waals surface area contributed by atoms with Gasteiger partial charge in [0.25, 0.3) is 0 Å². The molecule has 0 spiro atoms. The van der Waals surface area contributed by atoms with Gasteiger partial charge < -0.3 is 0 Å². The topological polar surface area (TPSA) is 32.3 Å². The molecule has 3 aliphatic heterocycles. The Bertz CT molecular complexity index is 400. The predicted octanol–water partition coefficient (Wildman–Crippen LogP) is 1.53. The molecule has 4 heteroatoms. The molecule has 4 nitrogen and oxygen atoms in total. The molecule has 0 amide bonds. The van der Waals surface area contributed by atoms with E-state index in [2.05, 4.69) is 40.5 Å². The van der Waals surface area contributed by atoms with Crippen molar-refractivity contribution in [3.8, 4) is 0 Å². The maximum absolute atomic E-state index is 4.33. The van der Waals surface area contributed by atoms with Crippen molar-refractivity contribution in [1.82, 2.24) is 19.8 Å².